The van der Waals surface area contributed by atoms with E-state index >= 15 is 0 Å². The quantitative estimate of drug-likeness (QED) is 0.691. The van der Waals surface area contributed by atoms with Crippen LogP contribution in [-0.4, -0.2) is 26.5 Å². The van der Waals surface area contributed by atoms with Gasteiger partial charge in [-0.15, -0.1) is 0 Å². The summed E-state index contributed by atoms with van der Waals surface area (Å²) < 4.78 is 26.5. The van der Waals surface area contributed by atoms with Gasteiger partial charge in [-0.3, -0.25) is 4.84 Å². The van der Waals surface area contributed by atoms with E-state index in [1.54, 1.807) is 6.92 Å². The van der Waals surface area contributed by atoms with Gasteiger partial charge in [0.1, 0.15) is 5.52 Å². The van der Waals surface area contributed by atoms with Gasteiger partial charge in [0.25, 0.3) is 5.95 Å². The van der Waals surface area contributed by atoms with E-state index in [2.05, 4.69) is 19.9 Å². The molecule has 112 valence electrons. The molecule has 0 radical (unpaired) electrons. The summed E-state index contributed by atoms with van der Waals surface area (Å²) in [5.41, 5.74) is 1.16. The van der Waals surface area contributed by atoms with Crippen LogP contribution in [0.15, 0.2) is 36.8 Å². The molecule has 22 heavy (non-hydrogen) atoms. The third kappa shape index (κ3) is 2.68. The van der Waals surface area contributed by atoms with Crippen LogP contribution in [0.25, 0.3) is 11.2 Å². The van der Waals surface area contributed by atoms with E-state index in [0.717, 1.165) is 12.1 Å². The minimum atomic E-state index is -0.984. The third-order valence-corrected chi connectivity index (χ3v) is 2.79. The van der Waals surface area contributed by atoms with Gasteiger partial charge in [0.05, 0.1) is 18.5 Å². The molecule has 0 unspecified atom stereocenters. The van der Waals surface area contributed by atoms with E-state index in [1.165, 1.54) is 29.7 Å². The fourth-order valence-corrected chi connectivity index (χ4v) is 1.85. The van der Waals surface area contributed by atoms with Crippen molar-refractivity contribution in [2.24, 2.45) is 0 Å². The van der Waals surface area contributed by atoms with Gasteiger partial charge in [0.2, 0.25) is 0 Å². The summed E-state index contributed by atoms with van der Waals surface area (Å²) in [6, 6.07) is 3.39. The molecule has 1 aromatic carbocycles. The zero-order valence-electron chi connectivity index (χ0n) is 11.6. The molecule has 0 aliphatic rings. The zero-order valence-corrected chi connectivity index (χ0v) is 11.6. The molecule has 0 fully saturated rings. The summed E-state index contributed by atoms with van der Waals surface area (Å²) in [5, 5.41) is 1.22. The largest absolute Gasteiger partial charge is 0.266 e. The van der Waals surface area contributed by atoms with E-state index in [1.807, 2.05) is 0 Å². The number of rotatable bonds is 4. The number of hydrogen-bond donors (Lipinski definition) is 0. The van der Waals surface area contributed by atoms with Crippen molar-refractivity contribution in [2.75, 3.05) is 11.7 Å². The van der Waals surface area contributed by atoms with Crippen molar-refractivity contribution in [3.8, 4) is 0 Å². The Balaban J connectivity index is 2.06. The van der Waals surface area contributed by atoms with Crippen LogP contribution in [0.2, 0.25) is 0 Å². The molecule has 8 heteroatoms. The van der Waals surface area contributed by atoms with Crippen molar-refractivity contribution in [2.45, 2.75) is 6.92 Å². The van der Waals surface area contributed by atoms with E-state index in [4.69, 9.17) is 4.84 Å². The lowest BCUT2D eigenvalue weighted by Gasteiger charge is -2.21. The molecule has 3 rings (SSSR count). The number of hydrogen-bond acceptors (Lipinski definition) is 6. The molecule has 0 atom stereocenters. The molecular formula is C14H11F2N5O. The lowest BCUT2D eigenvalue weighted by Crippen LogP contribution is -2.20. The van der Waals surface area contributed by atoms with Crippen LogP contribution in [0.1, 0.15) is 6.92 Å². The summed E-state index contributed by atoms with van der Waals surface area (Å²) in [6.45, 7) is 2.05. The number of anilines is 2. The van der Waals surface area contributed by atoms with E-state index in [9.17, 15) is 8.78 Å². The van der Waals surface area contributed by atoms with Gasteiger partial charge < -0.3 is 0 Å². The Kier molecular flexibility index (Phi) is 3.84. The Labute approximate surface area is 124 Å². The van der Waals surface area contributed by atoms with Crippen molar-refractivity contribution in [3.05, 3.63) is 48.4 Å². The fraction of sp³-hybridized carbons (Fsp3) is 0.143. The average molecular weight is 303 g/mol. The molecule has 0 saturated heterocycles. The first-order valence-corrected chi connectivity index (χ1v) is 6.51. The Morgan fingerprint density at radius 1 is 1.09 bits per heavy atom. The van der Waals surface area contributed by atoms with Gasteiger partial charge in [-0.25, -0.2) is 23.7 Å². The van der Waals surface area contributed by atoms with Crippen LogP contribution < -0.4 is 5.06 Å². The predicted octanol–water partition coefficient (Wildman–Crippen LogP) is 2.79. The molecule has 3 aromatic rings. The lowest BCUT2D eigenvalue weighted by molar-refractivity contribution is 0.145. The monoisotopic (exact) mass is 303 g/mol. The third-order valence-electron chi connectivity index (χ3n) is 2.79. The summed E-state index contributed by atoms with van der Waals surface area (Å²) in [4.78, 5) is 21.9. The highest BCUT2D eigenvalue weighted by atomic mass is 19.2. The molecule has 0 spiro atoms. The number of fused-ring (bicyclic) bond motifs is 1. The van der Waals surface area contributed by atoms with Crippen LogP contribution in [0.4, 0.5) is 20.4 Å². The molecule has 0 aliphatic heterocycles. The molecule has 2 aromatic heterocycles. The minimum absolute atomic E-state index is 0.154. The Morgan fingerprint density at radius 3 is 2.68 bits per heavy atom. The van der Waals surface area contributed by atoms with Gasteiger partial charge in [-0.1, -0.05) is 0 Å². The first-order valence-electron chi connectivity index (χ1n) is 6.51. The topological polar surface area (TPSA) is 64.0 Å². The first kappa shape index (κ1) is 14.2. The normalized spacial score (nSPS) is 10.9. The summed E-state index contributed by atoms with van der Waals surface area (Å²) in [7, 11) is 0. The summed E-state index contributed by atoms with van der Waals surface area (Å²) in [6.07, 6.45) is 4.51. The van der Waals surface area contributed by atoms with Gasteiger partial charge in [0, 0.05) is 18.5 Å². The van der Waals surface area contributed by atoms with E-state index < -0.39 is 11.6 Å². The highest BCUT2D eigenvalue weighted by Gasteiger charge is 2.16. The van der Waals surface area contributed by atoms with Crippen LogP contribution in [-0.2, 0) is 4.84 Å². The van der Waals surface area contributed by atoms with Crippen molar-refractivity contribution in [1.82, 2.24) is 19.9 Å². The number of aromatic nitrogens is 4. The van der Waals surface area contributed by atoms with Crippen molar-refractivity contribution in [3.63, 3.8) is 0 Å². The van der Waals surface area contributed by atoms with Crippen molar-refractivity contribution in [1.29, 1.82) is 0 Å². The van der Waals surface area contributed by atoms with Crippen LogP contribution in [0.3, 0.4) is 0 Å². The maximum Gasteiger partial charge on any atom is 0.256 e. The second-order valence-electron chi connectivity index (χ2n) is 4.25. The number of benzene rings is 1. The first-order chi connectivity index (χ1) is 10.7. The SMILES string of the molecule is CCON(c1ccc(F)c(F)c1)c1ncc2nccnc2n1. The van der Waals surface area contributed by atoms with Gasteiger partial charge in [-0.2, -0.15) is 10.0 Å². The molecule has 0 saturated carbocycles. The molecular weight excluding hydrogens is 292 g/mol. The highest BCUT2D eigenvalue weighted by molar-refractivity contribution is 5.70. The maximum absolute atomic E-state index is 13.4. The molecule has 0 aliphatic carbocycles. The standard InChI is InChI=1S/C14H11F2N5O/c1-2-22-21(9-3-4-10(15)11(16)7-9)14-19-8-12-13(20-14)18-6-5-17-12/h3-8H,2H2,1H3. The fourth-order valence-electron chi connectivity index (χ4n) is 1.85. The van der Waals surface area contributed by atoms with Crippen LogP contribution >= 0.6 is 0 Å². The van der Waals surface area contributed by atoms with Crippen molar-refractivity contribution < 1.29 is 13.6 Å². The van der Waals surface area contributed by atoms with Crippen LogP contribution in [0, 0.1) is 11.6 Å². The average Bonchev–Trinajstić information content (AvgIpc) is 2.55. The zero-order chi connectivity index (χ0) is 15.5. The summed E-state index contributed by atoms with van der Waals surface area (Å²) >= 11 is 0. The van der Waals surface area contributed by atoms with Crippen LogP contribution in [0.5, 0.6) is 0 Å². The molecule has 0 amide bonds. The second kappa shape index (κ2) is 5.94. The molecule has 6 nitrogen and oxygen atoms in total. The molecule has 0 N–H and O–H groups in total. The number of nitrogens with zero attached hydrogens (tertiary/aromatic N) is 5. The minimum Gasteiger partial charge on any atom is -0.266 e. The van der Waals surface area contributed by atoms with Crippen molar-refractivity contribution >= 4 is 22.8 Å². The molecule has 0 bridgehead atoms. The smallest absolute Gasteiger partial charge is 0.256 e. The van der Waals surface area contributed by atoms with Gasteiger partial charge in [-0.05, 0) is 19.1 Å². The lowest BCUT2D eigenvalue weighted by atomic mass is 10.3. The Bertz CT molecular complexity index is 814. The predicted molar refractivity (Wildman–Crippen MR) is 75.3 cm³/mol. The summed E-state index contributed by atoms with van der Waals surface area (Å²) in [5.74, 6) is -1.77. The Hall–Kier alpha value is -2.74. The maximum atomic E-state index is 13.4. The second-order valence-corrected chi connectivity index (χ2v) is 4.25. The molecule has 2 heterocycles. The van der Waals surface area contributed by atoms with Gasteiger partial charge >= 0.3 is 0 Å². The van der Waals surface area contributed by atoms with E-state index in [-0.39, 0.29) is 11.6 Å². The van der Waals surface area contributed by atoms with Gasteiger partial charge in [0.15, 0.2) is 17.3 Å². The highest BCUT2D eigenvalue weighted by Crippen LogP contribution is 2.25. The Morgan fingerprint density at radius 2 is 1.91 bits per heavy atom. The number of halogens is 2. The van der Waals surface area contributed by atoms with E-state index in [0.29, 0.717) is 17.8 Å².